The molecule has 1 aromatic carbocycles. The Morgan fingerprint density at radius 3 is 3.00 bits per heavy atom. The van der Waals surface area contributed by atoms with Crippen molar-refractivity contribution in [3.63, 3.8) is 0 Å². The number of hydrogen-bond acceptors (Lipinski definition) is 2. The van der Waals surface area contributed by atoms with E-state index in [1.165, 1.54) is 0 Å². The molecule has 1 unspecified atom stereocenters. The quantitative estimate of drug-likeness (QED) is 0.897. The van der Waals surface area contributed by atoms with E-state index in [2.05, 4.69) is 21.2 Å². The van der Waals surface area contributed by atoms with Crippen LogP contribution in [0.25, 0.3) is 0 Å². The van der Waals surface area contributed by atoms with Crippen molar-refractivity contribution < 1.29 is 4.74 Å². The van der Waals surface area contributed by atoms with Crippen LogP contribution in [0.2, 0.25) is 5.02 Å². The number of hydrogen-bond donors (Lipinski definition) is 1. The normalized spacial score (nSPS) is 21.1. The van der Waals surface area contributed by atoms with Crippen molar-refractivity contribution in [2.75, 3.05) is 13.1 Å². The lowest BCUT2D eigenvalue weighted by Crippen LogP contribution is -2.19. The zero-order valence-corrected chi connectivity index (χ0v) is 9.94. The maximum atomic E-state index is 5.84. The molecule has 2 nitrogen and oxygen atoms in total. The smallest absolute Gasteiger partial charge is 0.134 e. The molecule has 1 aromatic rings. The van der Waals surface area contributed by atoms with E-state index < -0.39 is 0 Å². The summed E-state index contributed by atoms with van der Waals surface area (Å²) in [6.07, 6.45) is 1.35. The first-order valence-corrected chi connectivity index (χ1v) is 5.75. The van der Waals surface area contributed by atoms with Gasteiger partial charge in [-0.1, -0.05) is 11.6 Å². The first kappa shape index (κ1) is 10.3. The molecule has 0 aliphatic carbocycles. The van der Waals surface area contributed by atoms with Crippen LogP contribution in [0.5, 0.6) is 5.75 Å². The molecule has 0 saturated carbocycles. The fourth-order valence-electron chi connectivity index (χ4n) is 1.48. The van der Waals surface area contributed by atoms with Gasteiger partial charge in [0.2, 0.25) is 0 Å². The second-order valence-electron chi connectivity index (χ2n) is 3.31. The molecule has 1 N–H and O–H groups in total. The van der Waals surface area contributed by atoms with Gasteiger partial charge in [-0.25, -0.2) is 0 Å². The van der Waals surface area contributed by atoms with Crippen LogP contribution >= 0.6 is 27.5 Å². The minimum Gasteiger partial charge on any atom is -0.488 e. The van der Waals surface area contributed by atoms with Gasteiger partial charge >= 0.3 is 0 Å². The summed E-state index contributed by atoms with van der Waals surface area (Å²) in [6.45, 7) is 1.96. The zero-order valence-electron chi connectivity index (χ0n) is 7.59. The van der Waals surface area contributed by atoms with Crippen LogP contribution in [0, 0.1) is 0 Å². The Balaban J connectivity index is 2.08. The summed E-state index contributed by atoms with van der Waals surface area (Å²) >= 11 is 9.26. The highest BCUT2D eigenvalue weighted by atomic mass is 79.9. The first-order valence-electron chi connectivity index (χ1n) is 4.58. The molecule has 0 amide bonds. The minimum atomic E-state index is 0.285. The van der Waals surface area contributed by atoms with Gasteiger partial charge < -0.3 is 10.1 Å². The molecule has 0 spiro atoms. The minimum absolute atomic E-state index is 0.285. The number of rotatable bonds is 2. The Labute approximate surface area is 96.7 Å². The van der Waals surface area contributed by atoms with Gasteiger partial charge in [0.05, 0.1) is 4.47 Å². The predicted octanol–water partition coefficient (Wildman–Crippen LogP) is 2.84. The lowest BCUT2D eigenvalue weighted by molar-refractivity contribution is 0.221. The molecule has 1 saturated heterocycles. The van der Waals surface area contributed by atoms with Crippen molar-refractivity contribution in [3.8, 4) is 5.75 Å². The van der Waals surface area contributed by atoms with Gasteiger partial charge in [-0.3, -0.25) is 0 Å². The van der Waals surface area contributed by atoms with Gasteiger partial charge in [0.15, 0.2) is 0 Å². The Kier molecular flexibility index (Phi) is 3.31. The third-order valence-corrected chi connectivity index (χ3v) is 3.06. The highest BCUT2D eigenvalue weighted by Gasteiger charge is 2.16. The third kappa shape index (κ3) is 2.41. The van der Waals surface area contributed by atoms with Crippen LogP contribution in [-0.2, 0) is 0 Å². The van der Waals surface area contributed by atoms with E-state index in [0.29, 0.717) is 5.02 Å². The van der Waals surface area contributed by atoms with Crippen molar-refractivity contribution in [2.24, 2.45) is 0 Å². The second kappa shape index (κ2) is 4.51. The van der Waals surface area contributed by atoms with Gasteiger partial charge in [-0.15, -0.1) is 0 Å². The van der Waals surface area contributed by atoms with Gasteiger partial charge in [0, 0.05) is 11.6 Å². The Bertz CT molecular complexity index is 326. The molecule has 1 aliphatic heterocycles. The van der Waals surface area contributed by atoms with Crippen molar-refractivity contribution >= 4 is 27.5 Å². The summed E-state index contributed by atoms with van der Waals surface area (Å²) in [7, 11) is 0. The number of nitrogens with one attached hydrogen (secondary N) is 1. The first-order chi connectivity index (χ1) is 6.75. The highest BCUT2D eigenvalue weighted by molar-refractivity contribution is 9.10. The molecule has 0 bridgehead atoms. The molecule has 4 heteroatoms. The van der Waals surface area contributed by atoms with Gasteiger partial charge in [-0.05, 0) is 47.1 Å². The average Bonchev–Trinajstić information content (AvgIpc) is 2.62. The van der Waals surface area contributed by atoms with E-state index in [9.17, 15) is 0 Å². The summed E-state index contributed by atoms with van der Waals surface area (Å²) in [5, 5.41) is 3.97. The van der Waals surface area contributed by atoms with E-state index in [4.69, 9.17) is 16.3 Å². The van der Waals surface area contributed by atoms with E-state index in [1.54, 1.807) is 0 Å². The fraction of sp³-hybridized carbons (Fsp3) is 0.400. The van der Waals surface area contributed by atoms with E-state index in [1.807, 2.05) is 18.2 Å². The Morgan fingerprint density at radius 1 is 1.50 bits per heavy atom. The maximum absolute atomic E-state index is 5.84. The predicted molar refractivity (Wildman–Crippen MR) is 61.1 cm³/mol. The standard InChI is InChI=1S/C10H11BrClNO/c11-9-5-7(12)1-2-10(9)14-8-3-4-13-6-8/h1-2,5,8,13H,3-4,6H2. The number of ether oxygens (including phenoxy) is 1. The van der Waals surface area contributed by atoms with Crippen molar-refractivity contribution in [1.29, 1.82) is 0 Å². The Hall–Kier alpha value is -0.250. The fourth-order valence-corrected chi connectivity index (χ4v) is 2.26. The topological polar surface area (TPSA) is 21.3 Å². The van der Waals surface area contributed by atoms with E-state index in [-0.39, 0.29) is 6.10 Å². The summed E-state index contributed by atoms with van der Waals surface area (Å²) < 4.78 is 6.71. The van der Waals surface area contributed by atoms with Gasteiger partial charge in [0.25, 0.3) is 0 Å². The summed E-state index contributed by atoms with van der Waals surface area (Å²) in [6, 6.07) is 5.58. The third-order valence-electron chi connectivity index (χ3n) is 2.20. The lowest BCUT2D eigenvalue weighted by Gasteiger charge is -2.13. The molecule has 1 aliphatic rings. The molecule has 1 atom stereocenters. The van der Waals surface area contributed by atoms with E-state index >= 15 is 0 Å². The van der Waals surface area contributed by atoms with Crippen LogP contribution < -0.4 is 10.1 Å². The van der Waals surface area contributed by atoms with Crippen LogP contribution in [0.3, 0.4) is 0 Å². The zero-order chi connectivity index (χ0) is 9.97. The molecular weight excluding hydrogens is 265 g/mol. The largest absolute Gasteiger partial charge is 0.488 e. The maximum Gasteiger partial charge on any atom is 0.134 e. The molecule has 0 aromatic heterocycles. The second-order valence-corrected chi connectivity index (χ2v) is 4.60. The van der Waals surface area contributed by atoms with Crippen molar-refractivity contribution in [3.05, 3.63) is 27.7 Å². The van der Waals surface area contributed by atoms with Crippen LogP contribution in [0.4, 0.5) is 0 Å². The Morgan fingerprint density at radius 2 is 2.36 bits per heavy atom. The number of benzene rings is 1. The molecule has 1 fully saturated rings. The molecule has 2 rings (SSSR count). The molecule has 76 valence electrons. The van der Waals surface area contributed by atoms with Crippen molar-refractivity contribution in [2.45, 2.75) is 12.5 Å². The van der Waals surface area contributed by atoms with Gasteiger partial charge in [0.1, 0.15) is 11.9 Å². The summed E-state index contributed by atoms with van der Waals surface area (Å²) in [4.78, 5) is 0. The molecule has 1 heterocycles. The monoisotopic (exact) mass is 275 g/mol. The highest BCUT2D eigenvalue weighted by Crippen LogP contribution is 2.29. The van der Waals surface area contributed by atoms with Crippen LogP contribution in [0.1, 0.15) is 6.42 Å². The van der Waals surface area contributed by atoms with E-state index in [0.717, 1.165) is 29.7 Å². The summed E-state index contributed by atoms with van der Waals surface area (Å²) in [5.74, 6) is 0.864. The average molecular weight is 277 g/mol. The van der Waals surface area contributed by atoms with Crippen LogP contribution in [0.15, 0.2) is 22.7 Å². The molecule has 14 heavy (non-hydrogen) atoms. The summed E-state index contributed by atoms with van der Waals surface area (Å²) in [5.41, 5.74) is 0. The number of halogens is 2. The van der Waals surface area contributed by atoms with Gasteiger partial charge in [-0.2, -0.15) is 0 Å². The van der Waals surface area contributed by atoms with Crippen LogP contribution in [-0.4, -0.2) is 19.2 Å². The van der Waals surface area contributed by atoms with Crippen molar-refractivity contribution in [1.82, 2.24) is 5.32 Å². The molecular formula is C10H11BrClNO. The SMILES string of the molecule is Clc1ccc(OC2CCNC2)c(Br)c1. The molecule has 0 radical (unpaired) electrons. The lowest BCUT2D eigenvalue weighted by atomic mass is 10.3.